The average molecular weight is 275 g/mol. The molecule has 0 fully saturated rings. The molecule has 2 heterocycles. The molecule has 16 heavy (non-hydrogen) atoms. The third kappa shape index (κ3) is 3.03. The van der Waals surface area contributed by atoms with Crippen molar-refractivity contribution in [3.05, 3.63) is 16.9 Å². The fourth-order valence-corrected chi connectivity index (χ4v) is 2.56. The molecule has 5 nitrogen and oxygen atoms in total. The van der Waals surface area contributed by atoms with Crippen molar-refractivity contribution >= 4 is 34.7 Å². The molecule has 0 spiro atoms. The Morgan fingerprint density at radius 1 is 1.44 bits per heavy atom. The molecule has 0 saturated carbocycles. The van der Waals surface area contributed by atoms with Crippen LogP contribution in [-0.4, -0.2) is 26.5 Å². The van der Waals surface area contributed by atoms with E-state index in [9.17, 15) is 0 Å². The maximum Gasteiger partial charge on any atom is 0.321 e. The van der Waals surface area contributed by atoms with Gasteiger partial charge in [-0.2, -0.15) is 15.0 Å². The number of hydrogen-bond acceptors (Lipinski definition) is 7. The van der Waals surface area contributed by atoms with Gasteiger partial charge in [-0.3, -0.25) is 0 Å². The molecule has 2 aromatic rings. The highest BCUT2D eigenvalue weighted by Gasteiger charge is 2.08. The van der Waals surface area contributed by atoms with E-state index in [2.05, 4.69) is 19.9 Å². The standard InChI is InChI=1S/C8H7ClN4OS2/c1-2-14-6-11-5(9)12-7(13-6)16-8-10-3-4-15-8/h3-4H,2H2,1H3. The zero-order valence-corrected chi connectivity index (χ0v) is 10.6. The molecule has 0 radical (unpaired) electrons. The second kappa shape index (κ2) is 5.42. The lowest BCUT2D eigenvalue weighted by Crippen LogP contribution is -2.00. The second-order valence-electron chi connectivity index (χ2n) is 2.50. The van der Waals surface area contributed by atoms with Crippen LogP contribution in [0.5, 0.6) is 6.01 Å². The lowest BCUT2D eigenvalue weighted by atomic mass is 10.9. The summed E-state index contributed by atoms with van der Waals surface area (Å²) in [5, 5.41) is 2.49. The first-order valence-electron chi connectivity index (χ1n) is 4.39. The SMILES string of the molecule is CCOc1nc(Cl)nc(Sc2nccs2)n1. The van der Waals surface area contributed by atoms with Crippen LogP contribution in [-0.2, 0) is 0 Å². The minimum atomic E-state index is 0.123. The van der Waals surface area contributed by atoms with Crippen molar-refractivity contribution in [2.45, 2.75) is 16.4 Å². The Kier molecular flexibility index (Phi) is 3.92. The smallest absolute Gasteiger partial charge is 0.321 e. The van der Waals surface area contributed by atoms with Crippen molar-refractivity contribution in [2.24, 2.45) is 0 Å². The van der Waals surface area contributed by atoms with Crippen molar-refractivity contribution in [2.75, 3.05) is 6.61 Å². The lowest BCUT2D eigenvalue weighted by molar-refractivity contribution is 0.307. The molecule has 0 unspecified atom stereocenters. The Morgan fingerprint density at radius 3 is 3.00 bits per heavy atom. The van der Waals surface area contributed by atoms with Gasteiger partial charge in [-0.15, -0.1) is 11.3 Å². The summed E-state index contributed by atoms with van der Waals surface area (Å²) in [6.07, 6.45) is 1.72. The van der Waals surface area contributed by atoms with Gasteiger partial charge in [-0.05, 0) is 30.3 Å². The zero-order valence-electron chi connectivity index (χ0n) is 8.25. The van der Waals surface area contributed by atoms with E-state index in [0.29, 0.717) is 11.8 Å². The summed E-state index contributed by atoms with van der Waals surface area (Å²) < 4.78 is 6.02. The average Bonchev–Trinajstić information content (AvgIpc) is 2.70. The maximum atomic E-state index is 5.75. The molecule has 0 aromatic carbocycles. The summed E-state index contributed by atoms with van der Waals surface area (Å²) in [6.45, 7) is 2.34. The minimum absolute atomic E-state index is 0.123. The molecule has 0 N–H and O–H groups in total. The van der Waals surface area contributed by atoms with E-state index in [-0.39, 0.29) is 11.3 Å². The number of ether oxygens (including phenoxy) is 1. The van der Waals surface area contributed by atoms with E-state index in [1.807, 2.05) is 12.3 Å². The van der Waals surface area contributed by atoms with Crippen LogP contribution in [0.3, 0.4) is 0 Å². The summed E-state index contributed by atoms with van der Waals surface area (Å²) in [5.41, 5.74) is 0. The Bertz CT molecular complexity index is 465. The van der Waals surface area contributed by atoms with E-state index in [0.717, 1.165) is 4.34 Å². The van der Waals surface area contributed by atoms with Crippen molar-refractivity contribution in [1.29, 1.82) is 0 Å². The van der Waals surface area contributed by atoms with E-state index in [4.69, 9.17) is 16.3 Å². The van der Waals surface area contributed by atoms with Crippen molar-refractivity contribution in [3.8, 4) is 6.01 Å². The predicted octanol–water partition coefficient (Wildman–Crippen LogP) is 2.53. The monoisotopic (exact) mass is 274 g/mol. The van der Waals surface area contributed by atoms with Crippen molar-refractivity contribution in [1.82, 2.24) is 19.9 Å². The van der Waals surface area contributed by atoms with Gasteiger partial charge in [0.1, 0.15) is 0 Å². The van der Waals surface area contributed by atoms with E-state index in [1.165, 1.54) is 23.1 Å². The molecule has 0 aliphatic heterocycles. The largest absolute Gasteiger partial charge is 0.464 e. The third-order valence-electron chi connectivity index (χ3n) is 1.43. The van der Waals surface area contributed by atoms with Crippen LogP contribution in [0.4, 0.5) is 0 Å². The van der Waals surface area contributed by atoms with Gasteiger partial charge < -0.3 is 4.74 Å². The Morgan fingerprint density at radius 2 is 2.31 bits per heavy atom. The van der Waals surface area contributed by atoms with Gasteiger partial charge in [-0.25, -0.2) is 4.98 Å². The van der Waals surface area contributed by atoms with Gasteiger partial charge in [0, 0.05) is 11.6 Å². The van der Waals surface area contributed by atoms with Crippen molar-refractivity contribution < 1.29 is 4.74 Å². The summed E-state index contributed by atoms with van der Waals surface area (Å²) in [6, 6.07) is 0.238. The molecular weight excluding hydrogens is 268 g/mol. The molecule has 0 aliphatic rings. The molecule has 0 atom stereocenters. The summed E-state index contributed by atoms with van der Waals surface area (Å²) in [4.78, 5) is 16.0. The predicted molar refractivity (Wildman–Crippen MR) is 62.2 cm³/mol. The molecular formula is C8H7ClN4OS2. The topological polar surface area (TPSA) is 60.8 Å². The van der Waals surface area contributed by atoms with Crippen LogP contribution < -0.4 is 4.74 Å². The zero-order chi connectivity index (χ0) is 11.4. The summed E-state index contributed by atoms with van der Waals surface area (Å²) in [7, 11) is 0. The molecule has 84 valence electrons. The van der Waals surface area contributed by atoms with Gasteiger partial charge in [0.2, 0.25) is 10.4 Å². The van der Waals surface area contributed by atoms with Crippen LogP contribution in [0.25, 0.3) is 0 Å². The van der Waals surface area contributed by atoms with Gasteiger partial charge in [0.25, 0.3) is 0 Å². The number of nitrogens with zero attached hydrogens (tertiary/aromatic N) is 4. The number of halogens is 1. The molecule has 0 amide bonds. The Hall–Kier alpha value is -0.920. The number of aromatic nitrogens is 4. The van der Waals surface area contributed by atoms with Gasteiger partial charge in [0.15, 0.2) is 4.34 Å². The van der Waals surface area contributed by atoms with E-state index < -0.39 is 0 Å². The highest BCUT2D eigenvalue weighted by molar-refractivity contribution is 8.00. The summed E-state index contributed by atoms with van der Waals surface area (Å²) in [5.74, 6) is 0. The normalized spacial score (nSPS) is 10.4. The highest BCUT2D eigenvalue weighted by atomic mass is 35.5. The van der Waals surface area contributed by atoms with Crippen molar-refractivity contribution in [3.63, 3.8) is 0 Å². The van der Waals surface area contributed by atoms with Gasteiger partial charge in [0.05, 0.1) is 6.61 Å². The molecule has 0 saturated heterocycles. The fourth-order valence-electron chi connectivity index (χ4n) is 0.893. The molecule has 2 rings (SSSR count). The number of thiazole rings is 1. The van der Waals surface area contributed by atoms with Crippen LogP contribution in [0.2, 0.25) is 5.28 Å². The first-order valence-corrected chi connectivity index (χ1v) is 6.47. The highest BCUT2D eigenvalue weighted by Crippen LogP contribution is 2.27. The number of hydrogen-bond donors (Lipinski definition) is 0. The molecule has 0 bridgehead atoms. The second-order valence-corrected chi connectivity index (χ2v) is 4.95. The van der Waals surface area contributed by atoms with Crippen LogP contribution >= 0.6 is 34.7 Å². The summed E-state index contributed by atoms with van der Waals surface area (Å²) >= 11 is 8.59. The Labute approximate surface area is 105 Å². The van der Waals surface area contributed by atoms with Crippen LogP contribution in [0.15, 0.2) is 21.1 Å². The third-order valence-corrected chi connectivity index (χ3v) is 3.35. The fraction of sp³-hybridized carbons (Fsp3) is 0.250. The van der Waals surface area contributed by atoms with Gasteiger partial charge in [-0.1, -0.05) is 0 Å². The number of rotatable bonds is 4. The molecule has 2 aromatic heterocycles. The first-order chi connectivity index (χ1) is 7.78. The minimum Gasteiger partial charge on any atom is -0.464 e. The van der Waals surface area contributed by atoms with E-state index >= 15 is 0 Å². The van der Waals surface area contributed by atoms with Gasteiger partial charge >= 0.3 is 6.01 Å². The first kappa shape index (κ1) is 11.6. The molecule has 0 aliphatic carbocycles. The van der Waals surface area contributed by atoms with Crippen LogP contribution in [0.1, 0.15) is 6.92 Å². The molecule has 8 heteroatoms. The van der Waals surface area contributed by atoms with E-state index in [1.54, 1.807) is 6.20 Å². The van der Waals surface area contributed by atoms with Crippen LogP contribution in [0, 0.1) is 0 Å². The quantitative estimate of drug-likeness (QED) is 0.854. The lowest BCUT2D eigenvalue weighted by Gasteiger charge is -2.02. The Balaban J connectivity index is 2.20. The maximum absolute atomic E-state index is 5.75.